The van der Waals surface area contributed by atoms with Crippen molar-refractivity contribution in [2.45, 2.75) is 71.4 Å². The molecule has 0 amide bonds. The predicted molar refractivity (Wildman–Crippen MR) is 134 cm³/mol. The molecule has 0 unspecified atom stereocenters. The monoisotopic (exact) mass is 456 g/mol. The van der Waals surface area contributed by atoms with Gasteiger partial charge in [-0.2, -0.15) is 5.21 Å². The molecule has 7 nitrogen and oxygen atoms in total. The largest absolute Gasteiger partial charge is 0.329 e. The first-order valence-electron chi connectivity index (χ1n) is 12.4. The Bertz CT molecular complexity index is 1290. The Balaban J connectivity index is 1.46. The Hall–Kier alpha value is -3.48. The Labute approximate surface area is 199 Å². The zero-order valence-electron chi connectivity index (χ0n) is 20.0. The molecular formula is C27H32N6O. The Kier molecular flexibility index (Phi) is 6.43. The molecule has 7 heteroatoms. The van der Waals surface area contributed by atoms with Crippen molar-refractivity contribution in [1.29, 1.82) is 0 Å². The van der Waals surface area contributed by atoms with Crippen LogP contribution in [0.4, 0.5) is 0 Å². The molecule has 0 atom stereocenters. The van der Waals surface area contributed by atoms with Gasteiger partial charge in [-0.05, 0) is 48.1 Å². The third-order valence-corrected chi connectivity index (χ3v) is 7.09. The van der Waals surface area contributed by atoms with Crippen molar-refractivity contribution in [3.05, 3.63) is 76.0 Å². The molecule has 1 saturated carbocycles. The second kappa shape index (κ2) is 9.79. The average Bonchev–Trinajstić information content (AvgIpc) is 3.49. The summed E-state index contributed by atoms with van der Waals surface area (Å²) in [4.78, 5) is 13.6. The Morgan fingerprint density at radius 2 is 1.74 bits per heavy atom. The third kappa shape index (κ3) is 4.22. The number of nitrogens with zero attached hydrogens (tertiary/aromatic N) is 5. The SMILES string of the molecule is CCCc1c(C)n(C2CCCCC2)c(=O)n1Cc1ccc(-c2ccccc2-c2nn[nH]n2)cc1. The fourth-order valence-corrected chi connectivity index (χ4v) is 5.39. The maximum absolute atomic E-state index is 13.6. The first-order valence-corrected chi connectivity index (χ1v) is 12.4. The number of nitrogens with one attached hydrogen (secondary N) is 1. The van der Waals surface area contributed by atoms with E-state index in [1.54, 1.807) is 0 Å². The van der Waals surface area contributed by atoms with Gasteiger partial charge in [0, 0.05) is 23.0 Å². The molecule has 176 valence electrons. The van der Waals surface area contributed by atoms with E-state index in [9.17, 15) is 4.79 Å². The lowest BCUT2D eigenvalue weighted by Gasteiger charge is -2.23. The van der Waals surface area contributed by atoms with Crippen LogP contribution in [0.1, 0.15) is 68.4 Å². The minimum atomic E-state index is 0.152. The van der Waals surface area contributed by atoms with Gasteiger partial charge >= 0.3 is 5.69 Å². The van der Waals surface area contributed by atoms with Gasteiger partial charge in [-0.1, -0.05) is 81.1 Å². The van der Waals surface area contributed by atoms with E-state index in [1.807, 2.05) is 22.8 Å². The summed E-state index contributed by atoms with van der Waals surface area (Å²) in [5, 5.41) is 14.5. The molecular weight excluding hydrogens is 424 g/mol. The number of imidazole rings is 1. The van der Waals surface area contributed by atoms with Crippen LogP contribution < -0.4 is 5.69 Å². The van der Waals surface area contributed by atoms with Crippen LogP contribution in [0.2, 0.25) is 0 Å². The van der Waals surface area contributed by atoms with E-state index in [0.717, 1.165) is 53.6 Å². The van der Waals surface area contributed by atoms with Crippen molar-refractivity contribution >= 4 is 0 Å². The van der Waals surface area contributed by atoms with Crippen molar-refractivity contribution in [2.75, 3.05) is 0 Å². The van der Waals surface area contributed by atoms with Gasteiger partial charge in [0.2, 0.25) is 5.82 Å². The highest BCUT2D eigenvalue weighted by atomic mass is 16.1. The maximum Gasteiger partial charge on any atom is 0.329 e. The first kappa shape index (κ1) is 22.3. The Morgan fingerprint density at radius 1 is 1.00 bits per heavy atom. The van der Waals surface area contributed by atoms with Gasteiger partial charge in [0.1, 0.15) is 0 Å². The Morgan fingerprint density at radius 3 is 2.41 bits per heavy atom. The van der Waals surface area contributed by atoms with Gasteiger partial charge in [0.15, 0.2) is 0 Å². The van der Waals surface area contributed by atoms with Crippen LogP contribution in [-0.2, 0) is 13.0 Å². The zero-order valence-corrected chi connectivity index (χ0v) is 20.0. The van der Waals surface area contributed by atoms with Gasteiger partial charge in [0.05, 0.1) is 6.54 Å². The minimum Gasteiger partial charge on any atom is -0.293 e. The highest BCUT2D eigenvalue weighted by molar-refractivity contribution is 5.80. The van der Waals surface area contributed by atoms with Crippen LogP contribution in [0, 0.1) is 6.92 Å². The number of rotatable bonds is 7. The number of aromatic amines is 1. The first-order chi connectivity index (χ1) is 16.7. The molecule has 1 N–H and O–H groups in total. The number of hydrogen-bond donors (Lipinski definition) is 1. The van der Waals surface area contributed by atoms with Crippen LogP contribution in [0.25, 0.3) is 22.5 Å². The van der Waals surface area contributed by atoms with Crippen LogP contribution in [0.3, 0.4) is 0 Å². The summed E-state index contributed by atoms with van der Waals surface area (Å²) >= 11 is 0. The van der Waals surface area contributed by atoms with Crippen LogP contribution >= 0.6 is 0 Å². The van der Waals surface area contributed by atoms with Gasteiger partial charge in [-0.3, -0.25) is 9.13 Å². The van der Waals surface area contributed by atoms with Crippen molar-refractivity contribution in [1.82, 2.24) is 29.8 Å². The molecule has 2 heterocycles. The zero-order chi connectivity index (χ0) is 23.5. The van der Waals surface area contributed by atoms with Crippen molar-refractivity contribution in [3.63, 3.8) is 0 Å². The number of hydrogen-bond acceptors (Lipinski definition) is 4. The van der Waals surface area contributed by atoms with E-state index in [-0.39, 0.29) is 5.69 Å². The van der Waals surface area contributed by atoms with Gasteiger partial charge in [0.25, 0.3) is 0 Å². The summed E-state index contributed by atoms with van der Waals surface area (Å²) in [5.74, 6) is 0.579. The predicted octanol–water partition coefficient (Wildman–Crippen LogP) is 5.31. The number of aromatic nitrogens is 6. The molecule has 5 rings (SSSR count). The summed E-state index contributed by atoms with van der Waals surface area (Å²) in [6, 6.07) is 16.9. The summed E-state index contributed by atoms with van der Waals surface area (Å²) < 4.78 is 4.11. The standard InChI is InChI=1S/C27H32N6O/c1-3-9-25-19(2)33(22-10-5-4-6-11-22)27(34)32(25)18-20-14-16-21(17-15-20)23-12-7-8-13-24(23)26-28-30-31-29-26/h7-8,12-17,22H,3-6,9-11,18H2,1-2H3,(H,28,29,30,31). The molecule has 2 aromatic heterocycles. The van der Waals surface area contributed by atoms with Gasteiger partial charge in [-0.15, -0.1) is 10.2 Å². The smallest absolute Gasteiger partial charge is 0.293 e. The topological polar surface area (TPSA) is 81.4 Å². The minimum absolute atomic E-state index is 0.152. The lowest BCUT2D eigenvalue weighted by Crippen LogP contribution is -2.29. The fourth-order valence-electron chi connectivity index (χ4n) is 5.39. The molecule has 1 fully saturated rings. The quantitative estimate of drug-likeness (QED) is 0.408. The molecule has 34 heavy (non-hydrogen) atoms. The highest BCUT2D eigenvalue weighted by Crippen LogP contribution is 2.31. The van der Waals surface area contributed by atoms with Crippen molar-refractivity contribution < 1.29 is 0 Å². The van der Waals surface area contributed by atoms with Crippen molar-refractivity contribution in [2.24, 2.45) is 0 Å². The molecule has 2 aromatic carbocycles. The fraction of sp³-hybridized carbons (Fsp3) is 0.407. The lowest BCUT2D eigenvalue weighted by atomic mass is 9.95. The molecule has 4 aromatic rings. The lowest BCUT2D eigenvalue weighted by molar-refractivity contribution is 0.340. The second-order valence-corrected chi connectivity index (χ2v) is 9.29. The van der Waals surface area contributed by atoms with E-state index in [2.05, 4.69) is 69.4 Å². The number of benzene rings is 2. The van der Waals surface area contributed by atoms with Gasteiger partial charge in [-0.25, -0.2) is 4.79 Å². The summed E-state index contributed by atoms with van der Waals surface area (Å²) in [5.41, 5.74) is 6.69. The third-order valence-electron chi connectivity index (χ3n) is 7.09. The molecule has 0 saturated heterocycles. The summed E-state index contributed by atoms with van der Waals surface area (Å²) in [6.45, 7) is 4.92. The van der Waals surface area contributed by atoms with E-state index in [1.165, 1.54) is 25.0 Å². The normalized spacial score (nSPS) is 14.5. The van der Waals surface area contributed by atoms with Crippen molar-refractivity contribution in [3.8, 4) is 22.5 Å². The number of H-pyrrole nitrogens is 1. The molecule has 0 spiro atoms. The van der Waals surface area contributed by atoms with Crippen LogP contribution in [0.5, 0.6) is 0 Å². The molecule has 0 aliphatic heterocycles. The van der Waals surface area contributed by atoms with E-state index in [4.69, 9.17) is 0 Å². The number of tetrazole rings is 1. The molecule has 1 aliphatic rings. The molecule has 1 aliphatic carbocycles. The highest BCUT2D eigenvalue weighted by Gasteiger charge is 2.24. The summed E-state index contributed by atoms with van der Waals surface area (Å²) in [7, 11) is 0. The maximum atomic E-state index is 13.6. The molecule has 0 radical (unpaired) electrons. The van der Waals surface area contributed by atoms with Crippen LogP contribution in [-0.4, -0.2) is 29.8 Å². The average molecular weight is 457 g/mol. The second-order valence-electron chi connectivity index (χ2n) is 9.29. The van der Waals surface area contributed by atoms with Gasteiger partial charge < -0.3 is 0 Å². The van der Waals surface area contributed by atoms with E-state index in [0.29, 0.717) is 18.4 Å². The van der Waals surface area contributed by atoms with Crippen LogP contribution in [0.15, 0.2) is 53.3 Å². The molecule has 0 bridgehead atoms. The van der Waals surface area contributed by atoms with E-state index >= 15 is 0 Å². The van der Waals surface area contributed by atoms with E-state index < -0.39 is 0 Å². The summed E-state index contributed by atoms with van der Waals surface area (Å²) in [6.07, 6.45) is 7.91.